The fourth-order valence-corrected chi connectivity index (χ4v) is 4.33. The van der Waals surface area contributed by atoms with Gasteiger partial charge in [-0.15, -0.1) is 0 Å². The lowest BCUT2D eigenvalue weighted by molar-refractivity contribution is -0.123. The third kappa shape index (κ3) is 2.88. The molecule has 0 aromatic heterocycles. The first-order valence-corrected chi connectivity index (χ1v) is 9.09. The number of carbonyl (C=O) groups excluding carboxylic acids is 2. The van der Waals surface area contributed by atoms with Crippen LogP contribution < -0.4 is 11.1 Å². The molecule has 4 nitrogen and oxygen atoms in total. The minimum Gasteiger partial charge on any atom is -0.369 e. The molecule has 0 saturated heterocycles. The van der Waals surface area contributed by atoms with E-state index in [1.54, 1.807) is 0 Å². The number of nitrogens with two attached hydrogens (primary N) is 1. The fourth-order valence-electron chi connectivity index (χ4n) is 4.15. The Morgan fingerprint density at radius 2 is 1.85 bits per heavy atom. The Morgan fingerprint density at radius 1 is 1.15 bits per heavy atom. The summed E-state index contributed by atoms with van der Waals surface area (Å²) in [7, 11) is 0. The molecular formula is C20H17ClF2N2O2. The topological polar surface area (TPSA) is 72.2 Å². The van der Waals surface area contributed by atoms with Crippen molar-refractivity contribution >= 4 is 29.1 Å². The molecule has 0 heterocycles. The molecule has 0 bridgehead atoms. The quantitative estimate of drug-likeness (QED) is 0.822. The normalized spacial score (nSPS) is 19.4. The van der Waals surface area contributed by atoms with Crippen molar-refractivity contribution in [3.8, 4) is 0 Å². The zero-order valence-electron chi connectivity index (χ0n) is 14.3. The first-order chi connectivity index (χ1) is 12.8. The molecule has 1 atom stereocenters. The van der Waals surface area contributed by atoms with Gasteiger partial charge in [0.05, 0.1) is 10.4 Å². The minimum atomic E-state index is -0.689. The molecule has 2 aliphatic rings. The summed E-state index contributed by atoms with van der Waals surface area (Å²) in [6.07, 6.45) is 2.38. The summed E-state index contributed by atoms with van der Waals surface area (Å²) in [4.78, 5) is 24.6. The molecule has 140 valence electrons. The summed E-state index contributed by atoms with van der Waals surface area (Å²) in [5.74, 6) is -2.13. The molecule has 3 N–H and O–H groups in total. The average Bonchev–Trinajstić information content (AvgIpc) is 3.31. The number of rotatable bonds is 4. The molecule has 27 heavy (non-hydrogen) atoms. The highest BCUT2D eigenvalue weighted by Gasteiger charge is 2.57. The number of anilines is 1. The van der Waals surface area contributed by atoms with E-state index in [2.05, 4.69) is 5.32 Å². The maximum Gasteiger partial charge on any atom is 0.255 e. The van der Waals surface area contributed by atoms with E-state index in [0.717, 1.165) is 6.07 Å². The molecule has 0 unspecified atom stereocenters. The summed E-state index contributed by atoms with van der Waals surface area (Å²) in [6.45, 7) is 0. The highest BCUT2D eigenvalue weighted by molar-refractivity contribution is 6.31. The predicted molar refractivity (Wildman–Crippen MR) is 97.7 cm³/mol. The smallest absolute Gasteiger partial charge is 0.255 e. The van der Waals surface area contributed by atoms with Gasteiger partial charge in [0.2, 0.25) is 5.91 Å². The number of benzene rings is 2. The first-order valence-electron chi connectivity index (χ1n) is 8.71. The molecule has 0 aliphatic heterocycles. The van der Waals surface area contributed by atoms with Crippen LogP contribution in [0.25, 0.3) is 0 Å². The Balaban J connectivity index is 1.67. The maximum absolute atomic E-state index is 14.6. The minimum absolute atomic E-state index is 0.102. The Hall–Kier alpha value is -2.47. The summed E-state index contributed by atoms with van der Waals surface area (Å²) >= 11 is 5.74. The molecule has 2 aromatic rings. The maximum atomic E-state index is 14.6. The Bertz CT molecular complexity index is 973. The monoisotopic (exact) mass is 390 g/mol. The van der Waals surface area contributed by atoms with Crippen LogP contribution in [-0.4, -0.2) is 11.8 Å². The van der Waals surface area contributed by atoms with Crippen molar-refractivity contribution in [1.82, 2.24) is 0 Å². The van der Waals surface area contributed by atoms with E-state index in [1.807, 2.05) is 0 Å². The van der Waals surface area contributed by atoms with Crippen LogP contribution in [0.4, 0.5) is 14.5 Å². The van der Waals surface area contributed by atoms with Gasteiger partial charge in [-0.05, 0) is 67.1 Å². The van der Waals surface area contributed by atoms with Gasteiger partial charge in [-0.1, -0.05) is 11.6 Å². The molecule has 2 amide bonds. The standard InChI is InChI=1S/C20H17ClF2N2O2/c21-14-9-10(1-5-15(14)22)25-18(26)12-3-6-16(23)17-11(12)2-4-13(17)20(7-8-20)19(24)27/h1,3,5-6,9,13H,2,4,7-8H2,(H2,24,27)(H,25,26)/t13-/m1/s1. The van der Waals surface area contributed by atoms with Gasteiger partial charge in [0, 0.05) is 17.2 Å². The Labute approximate surface area is 159 Å². The van der Waals surface area contributed by atoms with Crippen LogP contribution in [-0.2, 0) is 11.2 Å². The lowest BCUT2D eigenvalue weighted by Crippen LogP contribution is -2.30. The second-order valence-electron chi connectivity index (χ2n) is 7.18. The number of primary amides is 1. The summed E-state index contributed by atoms with van der Waals surface area (Å²) < 4.78 is 27.9. The highest BCUT2D eigenvalue weighted by atomic mass is 35.5. The number of amides is 2. The van der Waals surface area contributed by atoms with E-state index in [1.165, 1.54) is 24.3 Å². The molecular weight excluding hydrogens is 374 g/mol. The third-order valence-electron chi connectivity index (χ3n) is 5.70. The van der Waals surface area contributed by atoms with Gasteiger partial charge in [-0.3, -0.25) is 9.59 Å². The number of hydrogen-bond donors (Lipinski definition) is 2. The number of fused-ring (bicyclic) bond motifs is 1. The van der Waals surface area contributed by atoms with Gasteiger partial charge in [0.1, 0.15) is 11.6 Å². The SMILES string of the molecule is NC(=O)C1([C@@H]2CCc3c(C(=O)Nc4ccc(F)c(Cl)c4)ccc(F)c32)CC1. The molecule has 2 aromatic carbocycles. The van der Waals surface area contributed by atoms with Crippen molar-refractivity contribution in [1.29, 1.82) is 0 Å². The van der Waals surface area contributed by atoms with E-state index in [9.17, 15) is 18.4 Å². The number of hydrogen-bond acceptors (Lipinski definition) is 2. The zero-order chi connectivity index (χ0) is 19.3. The van der Waals surface area contributed by atoms with Gasteiger partial charge in [0.15, 0.2) is 0 Å². The summed E-state index contributed by atoms with van der Waals surface area (Å²) in [5.41, 5.74) is 6.59. The van der Waals surface area contributed by atoms with Crippen LogP contribution >= 0.6 is 11.6 Å². The Kier molecular flexibility index (Phi) is 4.18. The van der Waals surface area contributed by atoms with Crippen molar-refractivity contribution in [3.63, 3.8) is 0 Å². The van der Waals surface area contributed by atoms with Crippen LogP contribution in [0.3, 0.4) is 0 Å². The van der Waals surface area contributed by atoms with Gasteiger partial charge in [0.25, 0.3) is 5.91 Å². The number of nitrogens with one attached hydrogen (secondary N) is 1. The lowest BCUT2D eigenvalue weighted by atomic mass is 9.83. The molecule has 1 saturated carbocycles. The lowest BCUT2D eigenvalue weighted by Gasteiger charge is -2.21. The van der Waals surface area contributed by atoms with Crippen LogP contribution in [0.15, 0.2) is 30.3 Å². The summed E-state index contributed by atoms with van der Waals surface area (Å²) in [6, 6.07) is 6.56. The van der Waals surface area contributed by atoms with Crippen LogP contribution in [0, 0.1) is 17.0 Å². The van der Waals surface area contributed by atoms with Crippen molar-refractivity contribution in [3.05, 3.63) is 63.7 Å². The first kappa shape index (κ1) is 17.9. The van der Waals surface area contributed by atoms with Crippen LogP contribution in [0.2, 0.25) is 5.02 Å². The van der Waals surface area contributed by atoms with Crippen molar-refractivity contribution in [2.24, 2.45) is 11.1 Å². The van der Waals surface area contributed by atoms with Crippen molar-refractivity contribution in [2.45, 2.75) is 31.6 Å². The molecule has 0 radical (unpaired) electrons. The van der Waals surface area contributed by atoms with Crippen LogP contribution in [0.1, 0.15) is 46.7 Å². The molecule has 1 fully saturated rings. The molecule has 2 aliphatic carbocycles. The van der Waals surface area contributed by atoms with E-state index in [4.69, 9.17) is 17.3 Å². The predicted octanol–water partition coefficient (Wildman–Crippen LogP) is 4.17. The second-order valence-corrected chi connectivity index (χ2v) is 7.59. The van der Waals surface area contributed by atoms with E-state index >= 15 is 0 Å². The van der Waals surface area contributed by atoms with Gasteiger partial charge < -0.3 is 11.1 Å². The van der Waals surface area contributed by atoms with Gasteiger partial charge in [-0.2, -0.15) is 0 Å². The molecule has 7 heteroatoms. The molecule has 4 rings (SSSR count). The second kappa shape index (κ2) is 6.30. The van der Waals surface area contributed by atoms with E-state index in [-0.39, 0.29) is 10.9 Å². The zero-order valence-corrected chi connectivity index (χ0v) is 15.1. The van der Waals surface area contributed by atoms with Gasteiger partial charge >= 0.3 is 0 Å². The number of carbonyl (C=O) groups is 2. The number of halogens is 3. The highest BCUT2D eigenvalue weighted by Crippen LogP contribution is 2.60. The van der Waals surface area contributed by atoms with Crippen molar-refractivity contribution < 1.29 is 18.4 Å². The van der Waals surface area contributed by atoms with E-state index in [0.29, 0.717) is 48.1 Å². The average molecular weight is 391 g/mol. The summed E-state index contributed by atoms with van der Waals surface area (Å²) in [5, 5.41) is 2.56. The largest absolute Gasteiger partial charge is 0.369 e. The molecule has 0 spiro atoms. The fraction of sp³-hybridized carbons (Fsp3) is 0.300. The van der Waals surface area contributed by atoms with Gasteiger partial charge in [-0.25, -0.2) is 8.78 Å². The van der Waals surface area contributed by atoms with Crippen molar-refractivity contribution in [2.75, 3.05) is 5.32 Å². The van der Waals surface area contributed by atoms with E-state index < -0.39 is 28.9 Å². The Morgan fingerprint density at radius 3 is 2.48 bits per heavy atom. The van der Waals surface area contributed by atoms with Crippen LogP contribution in [0.5, 0.6) is 0 Å². The third-order valence-corrected chi connectivity index (χ3v) is 5.99.